The summed E-state index contributed by atoms with van der Waals surface area (Å²) < 4.78 is 12.1. The van der Waals surface area contributed by atoms with Gasteiger partial charge in [-0.25, -0.2) is 4.98 Å². The molecule has 5 nitrogen and oxygen atoms in total. The normalized spacial score (nSPS) is 20.9. The van der Waals surface area contributed by atoms with Crippen LogP contribution in [-0.4, -0.2) is 29.8 Å². The van der Waals surface area contributed by atoms with Gasteiger partial charge in [0.25, 0.3) is 0 Å². The highest BCUT2D eigenvalue weighted by Gasteiger charge is 2.52. The van der Waals surface area contributed by atoms with E-state index in [1.54, 1.807) is 6.07 Å². The summed E-state index contributed by atoms with van der Waals surface area (Å²) in [5.41, 5.74) is 13.5. The molecular weight excluding hydrogens is 265 g/mol. The molecule has 0 radical (unpaired) electrons. The van der Waals surface area contributed by atoms with Crippen LogP contribution in [0.15, 0.2) is 17.6 Å². The number of nitrogens with two attached hydrogens (primary N) is 2. The lowest BCUT2D eigenvalue weighted by Gasteiger charge is -2.32. The molecule has 114 valence electrons. The van der Waals surface area contributed by atoms with Crippen molar-refractivity contribution in [2.24, 2.45) is 5.73 Å². The van der Waals surface area contributed by atoms with Crippen molar-refractivity contribution >= 4 is 19.0 Å². The summed E-state index contributed by atoms with van der Waals surface area (Å²) in [4.78, 5) is 4.34. The highest BCUT2D eigenvalue weighted by atomic mass is 16.7. The number of anilines is 1. The van der Waals surface area contributed by atoms with Crippen LogP contribution in [0, 0.1) is 6.92 Å². The molecule has 0 amide bonds. The minimum atomic E-state index is -0.456. The first-order valence-corrected chi connectivity index (χ1v) is 7.15. The first-order chi connectivity index (χ1) is 9.66. The molecule has 21 heavy (non-hydrogen) atoms. The molecule has 1 aliphatic heterocycles. The van der Waals surface area contributed by atoms with Crippen molar-refractivity contribution in [1.29, 1.82) is 0 Å². The van der Waals surface area contributed by atoms with Crippen LogP contribution in [0.1, 0.15) is 39.0 Å². The summed E-state index contributed by atoms with van der Waals surface area (Å²) in [7, 11) is -0.456. The predicted octanol–water partition coefficient (Wildman–Crippen LogP) is 1.95. The molecule has 4 N–H and O–H groups in total. The molecule has 1 saturated heterocycles. The minimum Gasteiger partial charge on any atom is -0.400 e. The maximum absolute atomic E-state index is 6.03. The molecule has 1 fully saturated rings. The fraction of sp³-hybridized carbons (Fsp3) is 0.533. The lowest BCUT2D eigenvalue weighted by molar-refractivity contribution is 0.00578. The number of aromatic nitrogens is 1. The molecule has 2 heterocycles. The molecule has 2 rings (SSSR count). The van der Waals surface area contributed by atoms with Gasteiger partial charge in [0, 0.05) is 6.54 Å². The van der Waals surface area contributed by atoms with Crippen molar-refractivity contribution in [3.05, 3.63) is 28.9 Å². The Morgan fingerprint density at radius 2 is 1.81 bits per heavy atom. The summed E-state index contributed by atoms with van der Waals surface area (Å²) in [5.74, 6) is 0.483. The largest absolute Gasteiger partial charge is 0.491 e. The minimum absolute atomic E-state index is 0.340. The van der Waals surface area contributed by atoms with Gasteiger partial charge in [0.2, 0.25) is 0 Å². The van der Waals surface area contributed by atoms with E-state index in [4.69, 9.17) is 20.8 Å². The van der Waals surface area contributed by atoms with Crippen molar-refractivity contribution in [2.75, 3.05) is 12.3 Å². The Bertz CT molecular complexity index is 554. The van der Waals surface area contributed by atoms with E-state index in [9.17, 15) is 0 Å². The number of aryl methyl sites for hydroxylation is 1. The van der Waals surface area contributed by atoms with Gasteiger partial charge in [0.05, 0.1) is 16.9 Å². The third-order valence-corrected chi connectivity index (χ3v) is 4.27. The summed E-state index contributed by atoms with van der Waals surface area (Å²) in [6.45, 7) is 10.4. The second kappa shape index (κ2) is 5.44. The molecule has 0 aliphatic carbocycles. The highest BCUT2D eigenvalue weighted by Crippen LogP contribution is 2.38. The number of hydrogen-bond donors (Lipinski definition) is 2. The average molecular weight is 289 g/mol. The van der Waals surface area contributed by atoms with E-state index in [1.165, 1.54) is 0 Å². The van der Waals surface area contributed by atoms with Crippen molar-refractivity contribution in [3.63, 3.8) is 0 Å². The number of hydrogen-bond acceptors (Lipinski definition) is 5. The smallest absolute Gasteiger partial charge is 0.400 e. The second-order valence-electron chi connectivity index (χ2n) is 6.45. The Morgan fingerprint density at radius 3 is 2.33 bits per heavy atom. The molecular formula is C15H24BN3O2. The van der Waals surface area contributed by atoms with E-state index >= 15 is 0 Å². The van der Waals surface area contributed by atoms with Crippen molar-refractivity contribution in [3.8, 4) is 0 Å². The van der Waals surface area contributed by atoms with Crippen LogP contribution in [0.5, 0.6) is 0 Å². The first kappa shape index (κ1) is 16.0. The molecule has 0 spiro atoms. The van der Waals surface area contributed by atoms with Gasteiger partial charge >= 0.3 is 7.12 Å². The number of nitrogens with zero attached hydrogens (tertiary/aromatic N) is 1. The topological polar surface area (TPSA) is 83.4 Å². The van der Waals surface area contributed by atoms with E-state index in [-0.39, 0.29) is 11.2 Å². The maximum Gasteiger partial charge on any atom is 0.491 e. The summed E-state index contributed by atoms with van der Waals surface area (Å²) >= 11 is 0. The highest BCUT2D eigenvalue weighted by molar-refractivity contribution is 6.55. The van der Waals surface area contributed by atoms with Gasteiger partial charge in [-0.2, -0.15) is 0 Å². The molecule has 6 heteroatoms. The quantitative estimate of drug-likeness (QED) is 0.831. The van der Waals surface area contributed by atoms with Gasteiger partial charge < -0.3 is 20.8 Å². The average Bonchev–Trinajstić information content (AvgIpc) is 2.59. The fourth-order valence-corrected chi connectivity index (χ4v) is 2.10. The van der Waals surface area contributed by atoms with Gasteiger partial charge in [-0.1, -0.05) is 6.07 Å². The fourth-order valence-electron chi connectivity index (χ4n) is 2.10. The van der Waals surface area contributed by atoms with Crippen LogP contribution < -0.4 is 11.5 Å². The Morgan fingerprint density at radius 1 is 1.24 bits per heavy atom. The van der Waals surface area contributed by atoms with E-state index in [0.29, 0.717) is 12.4 Å². The zero-order valence-electron chi connectivity index (χ0n) is 13.4. The molecule has 0 saturated carbocycles. The van der Waals surface area contributed by atoms with Crippen LogP contribution in [0.3, 0.4) is 0 Å². The van der Waals surface area contributed by atoms with E-state index < -0.39 is 7.12 Å². The summed E-state index contributed by atoms with van der Waals surface area (Å²) in [5, 5.41) is 0. The Labute approximate surface area is 126 Å². The van der Waals surface area contributed by atoms with Gasteiger partial charge in [-0.05, 0) is 57.8 Å². The number of pyridine rings is 1. The molecule has 0 unspecified atom stereocenters. The van der Waals surface area contributed by atoms with Crippen molar-refractivity contribution < 1.29 is 9.31 Å². The van der Waals surface area contributed by atoms with Crippen LogP contribution >= 0.6 is 0 Å². The first-order valence-electron chi connectivity index (χ1n) is 7.15. The maximum atomic E-state index is 6.03. The zero-order chi connectivity index (χ0) is 15.8. The lowest BCUT2D eigenvalue weighted by Crippen LogP contribution is -2.41. The summed E-state index contributed by atoms with van der Waals surface area (Å²) in [6, 6.07) is 3.72. The Kier molecular flexibility index (Phi) is 4.15. The molecule has 1 aliphatic rings. The van der Waals surface area contributed by atoms with Crippen LogP contribution in [0.25, 0.3) is 6.08 Å². The van der Waals surface area contributed by atoms with E-state index in [0.717, 1.165) is 16.7 Å². The van der Waals surface area contributed by atoms with E-state index in [1.807, 2.05) is 46.8 Å². The molecule has 1 aromatic rings. The third-order valence-electron chi connectivity index (χ3n) is 4.27. The molecule has 0 aromatic carbocycles. The van der Waals surface area contributed by atoms with Crippen molar-refractivity contribution in [2.45, 2.75) is 45.8 Å². The number of nitrogen functional groups attached to an aromatic ring is 1. The molecule has 0 bridgehead atoms. The second-order valence-corrected chi connectivity index (χ2v) is 6.45. The standard InChI is InChI=1S/C15H24BN3O2/c1-10-6-7-13(18)19-12(10)8-11(9-17)16-20-14(2,3)15(4,5)21-16/h6-8H,9,17H2,1-5H3,(H2,18,19). The third kappa shape index (κ3) is 3.12. The van der Waals surface area contributed by atoms with E-state index in [2.05, 4.69) is 4.98 Å². The monoisotopic (exact) mass is 289 g/mol. The van der Waals surface area contributed by atoms with Gasteiger partial charge in [0.15, 0.2) is 0 Å². The Hall–Kier alpha value is -1.37. The van der Waals surface area contributed by atoms with Crippen LogP contribution in [-0.2, 0) is 9.31 Å². The molecule has 1 aromatic heterocycles. The zero-order valence-corrected chi connectivity index (χ0v) is 13.4. The van der Waals surface area contributed by atoms with Crippen molar-refractivity contribution in [1.82, 2.24) is 4.98 Å². The van der Waals surface area contributed by atoms with Gasteiger partial charge in [-0.15, -0.1) is 0 Å². The Balaban J connectivity index is 2.33. The predicted molar refractivity (Wildman–Crippen MR) is 86.5 cm³/mol. The summed E-state index contributed by atoms with van der Waals surface area (Å²) in [6.07, 6.45) is 1.91. The van der Waals surface area contributed by atoms with Gasteiger partial charge in [0.1, 0.15) is 5.82 Å². The van der Waals surface area contributed by atoms with Gasteiger partial charge in [-0.3, -0.25) is 0 Å². The molecule has 0 atom stereocenters. The SMILES string of the molecule is Cc1ccc(N)nc1C=C(CN)B1OC(C)(C)C(C)(C)O1. The lowest BCUT2D eigenvalue weighted by atomic mass is 9.77. The van der Waals surface area contributed by atoms with Crippen LogP contribution in [0.2, 0.25) is 0 Å². The number of rotatable bonds is 3. The van der Waals surface area contributed by atoms with Crippen LogP contribution in [0.4, 0.5) is 5.82 Å².